The summed E-state index contributed by atoms with van der Waals surface area (Å²) in [5.74, 6) is 1.50. The number of ether oxygens (including phenoxy) is 2. The van der Waals surface area contributed by atoms with Crippen LogP contribution in [0.1, 0.15) is 17.7 Å². The molecule has 0 saturated heterocycles. The van der Waals surface area contributed by atoms with Gasteiger partial charge in [0.1, 0.15) is 13.2 Å². The van der Waals surface area contributed by atoms with Crippen LogP contribution in [-0.4, -0.2) is 24.1 Å². The van der Waals surface area contributed by atoms with E-state index >= 15 is 0 Å². The van der Waals surface area contributed by atoms with Crippen LogP contribution in [0.4, 0.5) is 5.13 Å². The molecule has 2 aromatic heterocycles. The van der Waals surface area contributed by atoms with E-state index in [9.17, 15) is 4.79 Å². The normalized spacial score (nSPS) is 12.8. The zero-order valence-electron chi connectivity index (χ0n) is 14.1. The van der Waals surface area contributed by atoms with Crippen molar-refractivity contribution in [1.29, 1.82) is 0 Å². The number of amides is 1. The Morgan fingerprint density at radius 2 is 2.04 bits per heavy atom. The fourth-order valence-corrected chi connectivity index (χ4v) is 4.21. The predicted molar refractivity (Wildman–Crippen MR) is 104 cm³/mol. The average molecular weight is 386 g/mol. The van der Waals surface area contributed by atoms with Gasteiger partial charge in [0.25, 0.3) is 0 Å². The molecule has 3 heterocycles. The van der Waals surface area contributed by atoms with Crippen LogP contribution in [0.3, 0.4) is 0 Å². The molecule has 0 atom stereocenters. The van der Waals surface area contributed by atoms with Crippen molar-refractivity contribution in [2.75, 3.05) is 18.5 Å². The molecule has 0 saturated carbocycles. The van der Waals surface area contributed by atoms with E-state index in [0.29, 0.717) is 24.8 Å². The number of nitrogens with zero attached hydrogens (tertiary/aromatic N) is 1. The van der Waals surface area contributed by atoms with E-state index in [1.54, 1.807) is 11.3 Å². The third kappa shape index (κ3) is 4.05. The maximum atomic E-state index is 12.1. The van der Waals surface area contributed by atoms with Crippen LogP contribution >= 0.6 is 22.7 Å². The quantitative estimate of drug-likeness (QED) is 0.672. The van der Waals surface area contributed by atoms with Gasteiger partial charge in [0.15, 0.2) is 16.6 Å². The van der Waals surface area contributed by atoms with E-state index in [2.05, 4.69) is 21.7 Å². The summed E-state index contributed by atoms with van der Waals surface area (Å²) in [4.78, 5) is 17.9. The number of fused-ring (bicyclic) bond motifs is 1. The molecule has 1 N–H and O–H groups in total. The van der Waals surface area contributed by atoms with Gasteiger partial charge in [-0.05, 0) is 42.5 Å². The molecular formula is C19H18N2O3S2. The fraction of sp³-hybridized carbons (Fsp3) is 0.263. The molecular weight excluding hydrogens is 368 g/mol. The van der Waals surface area contributed by atoms with Gasteiger partial charge in [-0.2, -0.15) is 0 Å². The van der Waals surface area contributed by atoms with Crippen LogP contribution < -0.4 is 14.8 Å². The lowest BCUT2D eigenvalue weighted by atomic mass is 10.1. The van der Waals surface area contributed by atoms with Crippen molar-refractivity contribution < 1.29 is 14.3 Å². The summed E-state index contributed by atoms with van der Waals surface area (Å²) >= 11 is 3.16. The van der Waals surface area contributed by atoms with Gasteiger partial charge in [0.2, 0.25) is 5.91 Å². The van der Waals surface area contributed by atoms with Crippen molar-refractivity contribution in [2.24, 2.45) is 0 Å². The van der Waals surface area contributed by atoms with Crippen LogP contribution in [0.5, 0.6) is 11.5 Å². The van der Waals surface area contributed by atoms with Crippen LogP contribution in [0, 0.1) is 0 Å². The molecule has 26 heavy (non-hydrogen) atoms. The van der Waals surface area contributed by atoms with Gasteiger partial charge >= 0.3 is 0 Å². The molecule has 134 valence electrons. The molecule has 0 aliphatic carbocycles. The van der Waals surface area contributed by atoms with Crippen LogP contribution in [0.2, 0.25) is 0 Å². The second-order valence-corrected chi connectivity index (χ2v) is 7.77. The largest absolute Gasteiger partial charge is 0.486 e. The Kier molecular flexibility index (Phi) is 5.17. The number of thiazole rings is 1. The first kappa shape index (κ1) is 17.1. The number of aryl methyl sites for hydroxylation is 1. The highest BCUT2D eigenvalue weighted by molar-refractivity contribution is 7.14. The van der Waals surface area contributed by atoms with Gasteiger partial charge in [-0.1, -0.05) is 6.07 Å². The van der Waals surface area contributed by atoms with E-state index in [-0.39, 0.29) is 5.91 Å². The number of aromatic nitrogens is 1. The maximum absolute atomic E-state index is 12.1. The smallest absolute Gasteiger partial charge is 0.226 e. The minimum absolute atomic E-state index is 0.00429. The highest BCUT2D eigenvalue weighted by atomic mass is 32.1. The first-order valence-corrected chi connectivity index (χ1v) is 10.2. The Hall–Kier alpha value is -2.38. The number of hydrogen-bond acceptors (Lipinski definition) is 6. The van der Waals surface area contributed by atoms with Gasteiger partial charge in [-0.3, -0.25) is 4.79 Å². The summed E-state index contributed by atoms with van der Waals surface area (Å²) < 4.78 is 11.2. The summed E-state index contributed by atoms with van der Waals surface area (Å²) in [7, 11) is 0. The third-order valence-electron chi connectivity index (χ3n) is 4.00. The lowest BCUT2D eigenvalue weighted by Crippen LogP contribution is -2.15. The molecule has 4 rings (SSSR count). The zero-order chi connectivity index (χ0) is 17.8. The minimum atomic E-state index is 0.00429. The van der Waals surface area contributed by atoms with Crippen LogP contribution in [0.25, 0.3) is 11.3 Å². The topological polar surface area (TPSA) is 60.5 Å². The van der Waals surface area contributed by atoms with E-state index in [4.69, 9.17) is 9.47 Å². The van der Waals surface area contributed by atoms with E-state index in [1.807, 2.05) is 29.6 Å². The van der Waals surface area contributed by atoms with E-state index in [1.165, 1.54) is 16.2 Å². The number of carbonyl (C=O) groups excluding carboxylic acids is 1. The average Bonchev–Trinajstić information content (AvgIpc) is 3.33. The first-order valence-electron chi connectivity index (χ1n) is 8.46. The molecule has 1 aliphatic heterocycles. The summed E-state index contributed by atoms with van der Waals surface area (Å²) in [6, 6.07) is 9.91. The molecule has 3 aromatic rings. The van der Waals surface area contributed by atoms with Crippen molar-refractivity contribution in [1.82, 2.24) is 4.98 Å². The summed E-state index contributed by atoms with van der Waals surface area (Å²) in [5, 5.41) is 7.51. The number of thiophene rings is 1. The summed E-state index contributed by atoms with van der Waals surface area (Å²) in [5.41, 5.74) is 1.77. The predicted octanol–water partition coefficient (Wildman–Crippen LogP) is 4.60. The van der Waals surface area contributed by atoms with Crippen LogP contribution in [0.15, 0.2) is 41.1 Å². The second-order valence-electron chi connectivity index (χ2n) is 5.88. The van der Waals surface area contributed by atoms with Gasteiger partial charge in [0, 0.05) is 22.2 Å². The van der Waals surface area contributed by atoms with Gasteiger partial charge in [0.05, 0.1) is 5.69 Å². The molecule has 0 bridgehead atoms. The van der Waals surface area contributed by atoms with Gasteiger partial charge < -0.3 is 14.8 Å². The molecule has 5 nitrogen and oxygen atoms in total. The SMILES string of the molecule is O=C(CCCc1cccs1)Nc1nc(-c2ccc3c(c2)OCCO3)cs1. The lowest BCUT2D eigenvalue weighted by molar-refractivity contribution is -0.116. The molecule has 0 fully saturated rings. The molecule has 1 aliphatic rings. The Labute approximate surface area is 159 Å². The molecule has 0 radical (unpaired) electrons. The Morgan fingerprint density at radius 3 is 2.88 bits per heavy atom. The van der Waals surface area contributed by atoms with E-state index in [0.717, 1.165) is 35.6 Å². The highest BCUT2D eigenvalue weighted by Gasteiger charge is 2.14. The Morgan fingerprint density at radius 1 is 1.15 bits per heavy atom. The number of hydrogen-bond donors (Lipinski definition) is 1. The molecule has 0 unspecified atom stereocenters. The van der Waals surface area contributed by atoms with Gasteiger partial charge in [-0.15, -0.1) is 22.7 Å². The monoisotopic (exact) mass is 386 g/mol. The summed E-state index contributed by atoms with van der Waals surface area (Å²) in [6.45, 7) is 1.13. The lowest BCUT2D eigenvalue weighted by Gasteiger charge is -2.18. The number of nitrogens with one attached hydrogen (secondary N) is 1. The third-order valence-corrected chi connectivity index (χ3v) is 5.69. The maximum Gasteiger partial charge on any atom is 0.226 e. The molecule has 7 heteroatoms. The van der Waals surface area contributed by atoms with Crippen molar-refractivity contribution in [2.45, 2.75) is 19.3 Å². The highest BCUT2D eigenvalue weighted by Crippen LogP contribution is 2.35. The molecule has 1 amide bonds. The Balaban J connectivity index is 1.34. The van der Waals surface area contributed by atoms with Crippen LogP contribution in [-0.2, 0) is 11.2 Å². The van der Waals surface area contributed by atoms with Crippen molar-refractivity contribution in [3.63, 3.8) is 0 Å². The number of benzene rings is 1. The molecule has 1 aromatic carbocycles. The second kappa shape index (κ2) is 7.88. The number of carbonyl (C=O) groups is 1. The number of rotatable bonds is 6. The van der Waals surface area contributed by atoms with E-state index < -0.39 is 0 Å². The fourth-order valence-electron chi connectivity index (χ4n) is 2.73. The standard InChI is InChI=1S/C19H18N2O3S2/c22-18(5-1-3-14-4-2-10-25-14)21-19-20-15(12-26-19)13-6-7-16-17(11-13)24-9-8-23-16/h2,4,6-7,10-12H,1,3,5,8-9H2,(H,20,21,22). The number of anilines is 1. The first-order chi connectivity index (χ1) is 12.8. The van der Waals surface area contributed by atoms with Crippen molar-refractivity contribution in [3.8, 4) is 22.8 Å². The molecule has 0 spiro atoms. The zero-order valence-corrected chi connectivity index (χ0v) is 15.7. The van der Waals surface area contributed by atoms with Crippen molar-refractivity contribution in [3.05, 3.63) is 46.0 Å². The summed E-state index contributed by atoms with van der Waals surface area (Å²) in [6.07, 6.45) is 2.27. The Bertz CT molecular complexity index is 890. The minimum Gasteiger partial charge on any atom is -0.486 e. The van der Waals surface area contributed by atoms with Gasteiger partial charge in [-0.25, -0.2) is 4.98 Å². The van der Waals surface area contributed by atoms with Crippen molar-refractivity contribution >= 4 is 33.7 Å².